The average Bonchev–Trinajstić information content (AvgIpc) is 3.26. The third-order valence-corrected chi connectivity index (χ3v) is 4.98. The number of thioether (sulfide) groups is 1. The molecule has 142 valence electrons. The zero-order valence-corrected chi connectivity index (χ0v) is 16.5. The Bertz CT molecular complexity index is 906. The zero-order valence-electron chi connectivity index (χ0n) is 15.7. The lowest BCUT2D eigenvalue weighted by molar-refractivity contribution is -0.113. The quantitative estimate of drug-likeness (QED) is 0.625. The predicted molar refractivity (Wildman–Crippen MR) is 104 cm³/mol. The van der Waals surface area contributed by atoms with Crippen molar-refractivity contribution >= 4 is 23.5 Å². The molecule has 1 aromatic carbocycles. The number of benzene rings is 1. The summed E-state index contributed by atoms with van der Waals surface area (Å²) in [6.07, 6.45) is 0. The van der Waals surface area contributed by atoms with E-state index in [9.17, 15) is 4.79 Å². The molecule has 0 aliphatic rings. The van der Waals surface area contributed by atoms with Gasteiger partial charge in [-0.15, -0.1) is 10.2 Å². The van der Waals surface area contributed by atoms with Crippen molar-refractivity contribution in [2.24, 2.45) is 0 Å². The monoisotopic (exact) mass is 386 g/mol. The predicted octanol–water partition coefficient (Wildman–Crippen LogP) is 2.92. The van der Waals surface area contributed by atoms with Crippen LogP contribution in [0.4, 0.5) is 5.82 Å². The van der Waals surface area contributed by atoms with E-state index in [2.05, 4.69) is 32.5 Å². The first-order valence-corrected chi connectivity index (χ1v) is 9.47. The Hall–Kier alpha value is -2.65. The summed E-state index contributed by atoms with van der Waals surface area (Å²) in [6, 6.07) is 11.6. The number of nitrogens with zero attached hydrogens (tertiary/aromatic N) is 5. The molecule has 3 rings (SSSR count). The fourth-order valence-electron chi connectivity index (χ4n) is 2.43. The van der Waals surface area contributed by atoms with Crippen molar-refractivity contribution in [3.63, 3.8) is 0 Å². The van der Waals surface area contributed by atoms with E-state index in [1.807, 2.05) is 49.0 Å². The highest BCUT2D eigenvalue weighted by Gasteiger charge is 2.21. The van der Waals surface area contributed by atoms with Crippen molar-refractivity contribution in [2.75, 3.05) is 25.2 Å². The Kier molecular flexibility index (Phi) is 5.92. The molecule has 9 heteroatoms. The Labute approximate surface area is 161 Å². The van der Waals surface area contributed by atoms with E-state index >= 15 is 0 Å². The van der Waals surface area contributed by atoms with Gasteiger partial charge in [0, 0.05) is 11.8 Å². The number of carbonyl (C=O) groups is 1. The summed E-state index contributed by atoms with van der Waals surface area (Å²) in [6.45, 7) is 3.84. The SMILES string of the molecule is Cc1cc(NC(=O)CSc2nnc([C@H](C)N(C)C)n2-c2ccccc2)no1. The molecule has 0 radical (unpaired) electrons. The van der Waals surface area contributed by atoms with Crippen molar-refractivity contribution in [1.82, 2.24) is 24.8 Å². The molecule has 1 amide bonds. The van der Waals surface area contributed by atoms with Gasteiger partial charge in [-0.1, -0.05) is 35.1 Å². The van der Waals surface area contributed by atoms with E-state index in [4.69, 9.17) is 4.52 Å². The maximum absolute atomic E-state index is 12.2. The summed E-state index contributed by atoms with van der Waals surface area (Å²) < 4.78 is 6.94. The fraction of sp³-hybridized carbons (Fsp3) is 0.333. The van der Waals surface area contributed by atoms with Crippen LogP contribution in [0.15, 0.2) is 46.1 Å². The number of carbonyl (C=O) groups excluding carboxylic acids is 1. The number of rotatable bonds is 7. The molecule has 1 N–H and O–H groups in total. The number of hydrogen-bond acceptors (Lipinski definition) is 7. The molecule has 8 nitrogen and oxygen atoms in total. The molecule has 0 bridgehead atoms. The van der Waals surface area contributed by atoms with Crippen molar-refractivity contribution in [3.8, 4) is 5.69 Å². The summed E-state index contributed by atoms with van der Waals surface area (Å²) in [5.41, 5.74) is 0.959. The van der Waals surface area contributed by atoms with E-state index < -0.39 is 0 Å². The summed E-state index contributed by atoms with van der Waals surface area (Å²) in [4.78, 5) is 14.3. The Morgan fingerprint density at radius 1 is 1.30 bits per heavy atom. The molecule has 0 aliphatic carbocycles. The molecule has 0 saturated carbocycles. The minimum absolute atomic E-state index is 0.0685. The highest BCUT2D eigenvalue weighted by Crippen LogP contribution is 2.26. The second kappa shape index (κ2) is 8.36. The number of nitrogens with one attached hydrogen (secondary N) is 1. The minimum atomic E-state index is -0.182. The number of aromatic nitrogens is 4. The van der Waals surface area contributed by atoms with Crippen molar-refractivity contribution in [3.05, 3.63) is 48.0 Å². The Morgan fingerprint density at radius 3 is 2.67 bits per heavy atom. The lowest BCUT2D eigenvalue weighted by Gasteiger charge is -2.20. The van der Waals surface area contributed by atoms with E-state index in [1.54, 1.807) is 13.0 Å². The summed E-state index contributed by atoms with van der Waals surface area (Å²) in [5, 5.41) is 15.8. The molecule has 3 aromatic rings. The molecule has 2 heterocycles. The molecular weight excluding hydrogens is 364 g/mol. The highest BCUT2D eigenvalue weighted by atomic mass is 32.2. The molecule has 0 aliphatic heterocycles. The normalized spacial score (nSPS) is 12.3. The van der Waals surface area contributed by atoms with E-state index in [-0.39, 0.29) is 17.7 Å². The number of hydrogen-bond donors (Lipinski definition) is 1. The van der Waals surface area contributed by atoms with Gasteiger partial charge in [0.25, 0.3) is 0 Å². The van der Waals surface area contributed by atoms with E-state index in [0.29, 0.717) is 16.7 Å². The molecule has 0 fully saturated rings. The first kappa shape index (κ1) is 19.1. The van der Waals surface area contributed by atoms with Gasteiger partial charge in [0.15, 0.2) is 16.8 Å². The summed E-state index contributed by atoms with van der Waals surface area (Å²) >= 11 is 1.33. The third kappa shape index (κ3) is 4.55. The zero-order chi connectivity index (χ0) is 19.4. The van der Waals surface area contributed by atoms with Crippen LogP contribution in [-0.4, -0.2) is 50.6 Å². The summed E-state index contributed by atoms with van der Waals surface area (Å²) in [5.74, 6) is 1.88. The van der Waals surface area contributed by atoms with Crippen LogP contribution in [-0.2, 0) is 4.79 Å². The summed E-state index contributed by atoms with van der Waals surface area (Å²) in [7, 11) is 3.99. The van der Waals surface area contributed by atoms with Crippen LogP contribution < -0.4 is 5.32 Å². The van der Waals surface area contributed by atoms with Gasteiger partial charge >= 0.3 is 0 Å². The number of aryl methyl sites for hydroxylation is 1. The van der Waals surface area contributed by atoms with E-state index in [0.717, 1.165) is 11.5 Å². The maximum Gasteiger partial charge on any atom is 0.236 e. The topological polar surface area (TPSA) is 89.1 Å². The second-order valence-electron chi connectivity index (χ2n) is 6.31. The molecule has 1 atom stereocenters. The lowest BCUT2D eigenvalue weighted by atomic mass is 10.2. The molecule has 2 aromatic heterocycles. The van der Waals surface area contributed by atoms with Crippen LogP contribution in [0.5, 0.6) is 0 Å². The van der Waals surface area contributed by atoms with Gasteiger partial charge in [-0.25, -0.2) is 0 Å². The van der Waals surface area contributed by atoms with Crippen LogP contribution in [0.1, 0.15) is 24.6 Å². The van der Waals surface area contributed by atoms with Crippen LogP contribution >= 0.6 is 11.8 Å². The standard InChI is InChI=1S/C18H22N6O2S/c1-12-10-15(22-26-12)19-16(25)11-27-18-21-20-17(13(2)23(3)4)24(18)14-8-6-5-7-9-14/h5-10,13H,11H2,1-4H3,(H,19,22,25)/t13-/m0/s1. The molecular formula is C18H22N6O2S. The van der Waals surface area contributed by atoms with Gasteiger partial charge in [0.1, 0.15) is 5.76 Å². The molecule has 0 spiro atoms. The van der Waals surface area contributed by atoms with Crippen LogP contribution in [0, 0.1) is 6.92 Å². The highest BCUT2D eigenvalue weighted by molar-refractivity contribution is 7.99. The number of anilines is 1. The van der Waals surface area contributed by atoms with Crippen molar-refractivity contribution < 1.29 is 9.32 Å². The van der Waals surface area contributed by atoms with Crippen molar-refractivity contribution in [2.45, 2.75) is 25.0 Å². The minimum Gasteiger partial charge on any atom is -0.360 e. The van der Waals surface area contributed by atoms with Crippen LogP contribution in [0.2, 0.25) is 0 Å². The Morgan fingerprint density at radius 2 is 2.04 bits per heavy atom. The van der Waals surface area contributed by atoms with E-state index in [1.165, 1.54) is 11.8 Å². The van der Waals surface area contributed by atoms with Gasteiger partial charge in [-0.05, 0) is 40.1 Å². The lowest BCUT2D eigenvalue weighted by Crippen LogP contribution is -2.21. The number of amides is 1. The van der Waals surface area contributed by atoms with Gasteiger partial charge in [-0.3, -0.25) is 14.3 Å². The van der Waals surface area contributed by atoms with Gasteiger partial charge in [0.05, 0.1) is 11.8 Å². The Balaban J connectivity index is 1.79. The maximum atomic E-state index is 12.2. The molecule has 0 saturated heterocycles. The van der Waals surface area contributed by atoms with Gasteiger partial charge < -0.3 is 9.84 Å². The van der Waals surface area contributed by atoms with Crippen LogP contribution in [0.3, 0.4) is 0 Å². The van der Waals surface area contributed by atoms with Crippen molar-refractivity contribution in [1.29, 1.82) is 0 Å². The molecule has 0 unspecified atom stereocenters. The van der Waals surface area contributed by atoms with Gasteiger partial charge in [-0.2, -0.15) is 0 Å². The first-order valence-electron chi connectivity index (χ1n) is 8.49. The van der Waals surface area contributed by atoms with Gasteiger partial charge in [0.2, 0.25) is 5.91 Å². The number of para-hydroxylation sites is 1. The van der Waals surface area contributed by atoms with Crippen LogP contribution in [0.25, 0.3) is 5.69 Å². The third-order valence-electron chi connectivity index (χ3n) is 4.05. The largest absolute Gasteiger partial charge is 0.360 e. The fourth-order valence-corrected chi connectivity index (χ4v) is 3.19. The average molecular weight is 386 g/mol. The first-order chi connectivity index (χ1) is 13.0. The second-order valence-corrected chi connectivity index (χ2v) is 7.25. The smallest absolute Gasteiger partial charge is 0.236 e. The molecule has 27 heavy (non-hydrogen) atoms.